The van der Waals surface area contributed by atoms with E-state index >= 15 is 0 Å². The fourth-order valence-corrected chi connectivity index (χ4v) is 4.52. The lowest BCUT2D eigenvalue weighted by Gasteiger charge is -2.24. The first-order chi connectivity index (χ1) is 9.80. The van der Waals surface area contributed by atoms with Crippen LogP contribution < -0.4 is 0 Å². The third-order valence-corrected chi connectivity index (χ3v) is 6.56. The van der Waals surface area contributed by atoms with Crippen molar-refractivity contribution in [2.24, 2.45) is 5.92 Å². The quantitative estimate of drug-likeness (QED) is 0.823. The van der Waals surface area contributed by atoms with Crippen LogP contribution in [-0.4, -0.2) is 47.3 Å². The minimum Gasteiger partial charge on any atom is -0.396 e. The molecule has 0 radical (unpaired) electrons. The Balaban J connectivity index is 2.33. The molecule has 0 aliphatic heterocycles. The van der Waals surface area contributed by atoms with E-state index in [1.165, 1.54) is 4.31 Å². The minimum atomic E-state index is -3.52. The molecule has 6 nitrogen and oxygen atoms in total. The highest BCUT2D eigenvalue weighted by Gasteiger charge is 2.38. The lowest BCUT2D eigenvalue weighted by Crippen LogP contribution is -2.36. The average Bonchev–Trinajstić information content (AvgIpc) is 3.21. The standard InChI is InChI=1S/C14H25N3O3S/c1-10-14(12(3)17(15-10)8-5-9-18)21(19,20)16(4)11(2)13-6-7-13/h11,13,18H,5-9H2,1-4H3. The number of aryl methyl sites for hydroxylation is 2. The molecule has 1 aromatic heterocycles. The van der Waals surface area contributed by atoms with E-state index in [0.29, 0.717) is 35.2 Å². The van der Waals surface area contributed by atoms with E-state index in [9.17, 15) is 8.42 Å². The van der Waals surface area contributed by atoms with Crippen molar-refractivity contribution < 1.29 is 13.5 Å². The summed E-state index contributed by atoms with van der Waals surface area (Å²) in [5, 5.41) is 13.2. The third kappa shape index (κ3) is 3.14. The molecule has 0 saturated heterocycles. The zero-order valence-electron chi connectivity index (χ0n) is 13.2. The number of sulfonamides is 1. The maximum atomic E-state index is 12.9. The van der Waals surface area contributed by atoms with Crippen molar-refractivity contribution >= 4 is 10.0 Å². The summed E-state index contributed by atoms with van der Waals surface area (Å²) in [6.45, 7) is 6.07. The van der Waals surface area contributed by atoms with Gasteiger partial charge < -0.3 is 5.11 Å². The van der Waals surface area contributed by atoms with Gasteiger partial charge in [0.05, 0.1) is 11.4 Å². The predicted octanol–water partition coefficient (Wildman–Crippen LogP) is 1.30. The highest BCUT2D eigenvalue weighted by atomic mass is 32.2. The van der Waals surface area contributed by atoms with Crippen molar-refractivity contribution in [3.05, 3.63) is 11.4 Å². The Morgan fingerprint density at radius 2 is 2.05 bits per heavy atom. The fourth-order valence-electron chi connectivity index (χ4n) is 2.73. The molecule has 21 heavy (non-hydrogen) atoms. The highest BCUT2D eigenvalue weighted by Crippen LogP contribution is 2.37. The summed E-state index contributed by atoms with van der Waals surface area (Å²) in [5.74, 6) is 0.481. The molecule has 120 valence electrons. The molecule has 1 unspecified atom stereocenters. The Kier molecular flexibility index (Phi) is 4.75. The zero-order chi connectivity index (χ0) is 15.8. The summed E-state index contributed by atoms with van der Waals surface area (Å²) in [6, 6.07) is 0.0228. The van der Waals surface area contributed by atoms with Gasteiger partial charge in [-0.25, -0.2) is 8.42 Å². The maximum Gasteiger partial charge on any atom is 0.246 e. The van der Waals surface area contributed by atoms with Gasteiger partial charge in [-0.05, 0) is 46.0 Å². The second-order valence-electron chi connectivity index (χ2n) is 5.90. The molecule has 1 fully saturated rings. The Morgan fingerprint density at radius 1 is 1.43 bits per heavy atom. The van der Waals surface area contributed by atoms with Gasteiger partial charge in [-0.15, -0.1) is 0 Å². The van der Waals surface area contributed by atoms with Crippen LogP contribution >= 0.6 is 0 Å². The molecule has 1 heterocycles. The number of aliphatic hydroxyl groups excluding tert-OH is 1. The Labute approximate surface area is 126 Å². The van der Waals surface area contributed by atoms with Gasteiger partial charge in [0.1, 0.15) is 4.90 Å². The van der Waals surface area contributed by atoms with E-state index in [1.54, 1.807) is 25.6 Å². The highest BCUT2D eigenvalue weighted by molar-refractivity contribution is 7.89. The molecule has 1 saturated carbocycles. The lowest BCUT2D eigenvalue weighted by molar-refractivity contribution is 0.276. The molecule has 1 atom stereocenters. The van der Waals surface area contributed by atoms with Gasteiger partial charge >= 0.3 is 0 Å². The molecule has 7 heteroatoms. The van der Waals surface area contributed by atoms with Crippen molar-refractivity contribution in [3.8, 4) is 0 Å². The molecule has 1 N–H and O–H groups in total. The van der Waals surface area contributed by atoms with Crippen LogP contribution in [0.15, 0.2) is 4.90 Å². The third-order valence-electron chi connectivity index (χ3n) is 4.36. The molecule has 0 amide bonds. The summed E-state index contributed by atoms with van der Waals surface area (Å²) < 4.78 is 28.9. The number of rotatable bonds is 7. The minimum absolute atomic E-state index is 0.0228. The van der Waals surface area contributed by atoms with E-state index in [4.69, 9.17) is 5.11 Å². The van der Waals surface area contributed by atoms with Crippen molar-refractivity contribution in [3.63, 3.8) is 0 Å². The van der Waals surface area contributed by atoms with Crippen molar-refractivity contribution in [1.29, 1.82) is 0 Å². The maximum absolute atomic E-state index is 12.9. The molecule has 1 aromatic rings. The Morgan fingerprint density at radius 3 is 2.57 bits per heavy atom. The first-order valence-electron chi connectivity index (χ1n) is 7.43. The normalized spacial score (nSPS) is 17.4. The van der Waals surface area contributed by atoms with Gasteiger partial charge in [0.15, 0.2) is 0 Å². The molecular formula is C14H25N3O3S. The summed E-state index contributed by atoms with van der Waals surface area (Å²) in [6.07, 6.45) is 2.78. The predicted molar refractivity (Wildman–Crippen MR) is 80.5 cm³/mol. The van der Waals surface area contributed by atoms with Crippen LogP contribution in [0.3, 0.4) is 0 Å². The molecule has 2 rings (SSSR count). The van der Waals surface area contributed by atoms with E-state index in [-0.39, 0.29) is 12.6 Å². The van der Waals surface area contributed by atoms with Crippen LogP contribution in [0, 0.1) is 19.8 Å². The number of hydrogen-bond acceptors (Lipinski definition) is 4. The van der Waals surface area contributed by atoms with E-state index in [1.807, 2.05) is 6.92 Å². The van der Waals surface area contributed by atoms with Crippen LogP contribution in [0.2, 0.25) is 0 Å². The molecule has 1 aliphatic rings. The van der Waals surface area contributed by atoms with Crippen molar-refractivity contribution in [2.75, 3.05) is 13.7 Å². The molecule has 0 bridgehead atoms. The first-order valence-corrected chi connectivity index (χ1v) is 8.87. The summed E-state index contributed by atoms with van der Waals surface area (Å²) in [7, 11) is -1.87. The van der Waals surface area contributed by atoms with Gasteiger partial charge in [-0.3, -0.25) is 4.68 Å². The van der Waals surface area contributed by atoms with Crippen LogP contribution in [0.1, 0.15) is 37.6 Å². The van der Waals surface area contributed by atoms with E-state index < -0.39 is 10.0 Å². The molecule has 0 spiro atoms. The SMILES string of the molecule is Cc1nn(CCCO)c(C)c1S(=O)(=O)N(C)C(C)C1CC1. The number of hydrogen-bond donors (Lipinski definition) is 1. The summed E-state index contributed by atoms with van der Waals surface area (Å²) in [5.41, 5.74) is 1.18. The van der Waals surface area contributed by atoms with Crippen LogP contribution in [0.5, 0.6) is 0 Å². The molecule has 0 aromatic carbocycles. The smallest absolute Gasteiger partial charge is 0.246 e. The number of aliphatic hydroxyl groups is 1. The fraction of sp³-hybridized carbons (Fsp3) is 0.786. The van der Waals surface area contributed by atoms with E-state index in [0.717, 1.165) is 12.8 Å². The lowest BCUT2D eigenvalue weighted by atomic mass is 10.2. The summed E-state index contributed by atoms with van der Waals surface area (Å²) in [4.78, 5) is 0.315. The van der Waals surface area contributed by atoms with Gasteiger partial charge in [0.25, 0.3) is 0 Å². The number of aromatic nitrogens is 2. The summed E-state index contributed by atoms with van der Waals surface area (Å²) >= 11 is 0. The van der Waals surface area contributed by atoms with E-state index in [2.05, 4.69) is 5.10 Å². The van der Waals surface area contributed by atoms with Gasteiger partial charge in [0, 0.05) is 26.2 Å². The topological polar surface area (TPSA) is 75.4 Å². The largest absolute Gasteiger partial charge is 0.396 e. The second-order valence-corrected chi connectivity index (χ2v) is 7.83. The monoisotopic (exact) mass is 315 g/mol. The first kappa shape index (κ1) is 16.5. The molecular weight excluding hydrogens is 290 g/mol. The van der Waals surface area contributed by atoms with Crippen molar-refractivity contribution in [2.45, 2.75) is 57.5 Å². The van der Waals surface area contributed by atoms with Crippen molar-refractivity contribution in [1.82, 2.24) is 14.1 Å². The second kappa shape index (κ2) is 6.06. The Bertz CT molecular complexity index is 605. The van der Waals surface area contributed by atoms with Crippen LogP contribution in [0.4, 0.5) is 0 Å². The van der Waals surface area contributed by atoms with Gasteiger partial charge in [-0.2, -0.15) is 9.40 Å². The number of nitrogens with zero attached hydrogens (tertiary/aromatic N) is 3. The Hall–Kier alpha value is -0.920. The van der Waals surface area contributed by atoms with Gasteiger partial charge in [-0.1, -0.05) is 0 Å². The van der Waals surface area contributed by atoms with Crippen LogP contribution in [-0.2, 0) is 16.6 Å². The molecule has 1 aliphatic carbocycles. The van der Waals surface area contributed by atoms with Crippen LogP contribution in [0.25, 0.3) is 0 Å². The average molecular weight is 315 g/mol. The van der Waals surface area contributed by atoms with Gasteiger partial charge in [0.2, 0.25) is 10.0 Å². The zero-order valence-corrected chi connectivity index (χ0v) is 14.0.